The predicted octanol–water partition coefficient (Wildman–Crippen LogP) is 2.89. The minimum Gasteiger partial charge on any atom is -0.468 e. The average molecular weight is 272 g/mol. The maximum atomic E-state index is 13.1. The quantitative estimate of drug-likeness (QED) is 0.790. The summed E-state index contributed by atoms with van der Waals surface area (Å²) in [6.45, 7) is 0.542. The summed E-state index contributed by atoms with van der Waals surface area (Å²) in [5.74, 6) is 0.601. The largest absolute Gasteiger partial charge is 0.468 e. The highest BCUT2D eigenvalue weighted by Gasteiger charge is 2.34. The van der Waals surface area contributed by atoms with Crippen LogP contribution in [0.2, 0.25) is 0 Å². The molecule has 0 atom stereocenters. The van der Waals surface area contributed by atoms with Crippen molar-refractivity contribution in [3.63, 3.8) is 0 Å². The molecule has 0 aromatic carbocycles. The van der Waals surface area contributed by atoms with Gasteiger partial charge in [-0.3, -0.25) is 4.79 Å². The molecule has 1 saturated carbocycles. The second-order valence-corrected chi connectivity index (χ2v) is 5.28. The molecule has 1 aliphatic heterocycles. The molecule has 20 heavy (non-hydrogen) atoms. The lowest BCUT2D eigenvalue weighted by Crippen LogP contribution is -2.29. The first kappa shape index (κ1) is 11.6. The third-order valence-corrected chi connectivity index (χ3v) is 3.90. The molecule has 2 aromatic rings. The number of pyridine rings is 1. The number of aromatic nitrogens is 1. The molecule has 1 amide bonds. The molecule has 5 heteroatoms. The zero-order valence-corrected chi connectivity index (χ0v) is 10.8. The number of fused-ring (bicyclic) bond motifs is 1. The molecule has 1 fully saturated rings. The first-order valence-corrected chi connectivity index (χ1v) is 6.79. The van der Waals surface area contributed by atoms with E-state index in [1.807, 2.05) is 0 Å². The number of halogens is 1. The standard InChI is InChI=1S/C15H13FN2O2/c16-13-4-3-12-11(17-13)5-7-18(12)15(19)10-6-8-20-14(10)9-1-2-9/h3-4,6,8-9H,1-2,5,7H2. The molecule has 0 spiro atoms. The van der Waals surface area contributed by atoms with E-state index in [0.717, 1.165) is 18.6 Å². The van der Waals surface area contributed by atoms with Crippen molar-refractivity contribution in [2.75, 3.05) is 11.4 Å². The SMILES string of the molecule is O=C(c1ccoc1C1CC1)N1CCc2nc(F)ccc21. The van der Waals surface area contributed by atoms with E-state index in [9.17, 15) is 9.18 Å². The maximum absolute atomic E-state index is 13.1. The van der Waals surface area contributed by atoms with Crippen molar-refractivity contribution in [2.24, 2.45) is 0 Å². The van der Waals surface area contributed by atoms with Gasteiger partial charge in [0.25, 0.3) is 5.91 Å². The molecular weight excluding hydrogens is 259 g/mol. The Morgan fingerprint density at radius 2 is 2.20 bits per heavy atom. The van der Waals surface area contributed by atoms with Crippen molar-refractivity contribution in [3.05, 3.63) is 47.4 Å². The Balaban J connectivity index is 1.69. The summed E-state index contributed by atoms with van der Waals surface area (Å²) < 4.78 is 18.6. The molecule has 0 saturated heterocycles. The summed E-state index contributed by atoms with van der Waals surface area (Å²) in [6, 6.07) is 4.64. The monoisotopic (exact) mass is 272 g/mol. The normalized spacial score (nSPS) is 17.4. The van der Waals surface area contributed by atoms with E-state index >= 15 is 0 Å². The number of carbonyl (C=O) groups is 1. The molecule has 0 unspecified atom stereocenters. The summed E-state index contributed by atoms with van der Waals surface area (Å²) in [6.07, 6.45) is 4.32. The molecule has 0 N–H and O–H groups in total. The predicted molar refractivity (Wildman–Crippen MR) is 70.3 cm³/mol. The number of amides is 1. The maximum Gasteiger partial charge on any atom is 0.261 e. The molecular formula is C15H13FN2O2. The van der Waals surface area contributed by atoms with Gasteiger partial charge in [0.1, 0.15) is 5.76 Å². The van der Waals surface area contributed by atoms with Gasteiger partial charge < -0.3 is 9.32 Å². The van der Waals surface area contributed by atoms with Crippen LogP contribution >= 0.6 is 0 Å². The van der Waals surface area contributed by atoms with Gasteiger partial charge >= 0.3 is 0 Å². The molecule has 2 aliphatic rings. The van der Waals surface area contributed by atoms with Crippen LogP contribution in [0.4, 0.5) is 10.1 Å². The third-order valence-electron chi connectivity index (χ3n) is 3.90. The summed E-state index contributed by atoms with van der Waals surface area (Å²) in [5, 5.41) is 0. The Labute approximate surface area is 115 Å². The van der Waals surface area contributed by atoms with E-state index in [0.29, 0.717) is 35.8 Å². The second kappa shape index (κ2) is 4.16. The van der Waals surface area contributed by atoms with Gasteiger partial charge in [0, 0.05) is 18.9 Å². The fourth-order valence-corrected chi connectivity index (χ4v) is 2.75. The first-order chi connectivity index (χ1) is 9.74. The Hall–Kier alpha value is -2.17. The van der Waals surface area contributed by atoms with Crippen molar-refractivity contribution in [2.45, 2.75) is 25.2 Å². The zero-order valence-electron chi connectivity index (χ0n) is 10.8. The van der Waals surface area contributed by atoms with Crippen LogP contribution in [0.1, 0.15) is 40.6 Å². The van der Waals surface area contributed by atoms with Gasteiger partial charge in [0.2, 0.25) is 5.95 Å². The Bertz CT molecular complexity index is 691. The highest BCUT2D eigenvalue weighted by atomic mass is 19.1. The van der Waals surface area contributed by atoms with Crippen LogP contribution in [-0.2, 0) is 6.42 Å². The molecule has 0 bridgehead atoms. The van der Waals surface area contributed by atoms with Crippen molar-refractivity contribution < 1.29 is 13.6 Å². The molecule has 1 aliphatic carbocycles. The number of anilines is 1. The lowest BCUT2D eigenvalue weighted by Gasteiger charge is -2.16. The molecule has 0 radical (unpaired) electrons. The van der Waals surface area contributed by atoms with Crippen molar-refractivity contribution in [1.29, 1.82) is 0 Å². The summed E-state index contributed by atoms with van der Waals surface area (Å²) in [7, 11) is 0. The minimum absolute atomic E-state index is 0.0761. The molecule has 4 nitrogen and oxygen atoms in total. The van der Waals surface area contributed by atoms with Gasteiger partial charge in [-0.15, -0.1) is 0 Å². The Kier molecular flexibility index (Phi) is 2.42. The lowest BCUT2D eigenvalue weighted by molar-refractivity contribution is 0.0987. The average Bonchev–Trinajstić information content (AvgIpc) is 3.02. The van der Waals surface area contributed by atoms with Crippen LogP contribution < -0.4 is 4.90 Å². The van der Waals surface area contributed by atoms with E-state index in [4.69, 9.17) is 4.42 Å². The van der Waals surface area contributed by atoms with Gasteiger partial charge in [0.15, 0.2) is 0 Å². The molecule has 4 rings (SSSR count). The van der Waals surface area contributed by atoms with Gasteiger partial charge in [-0.1, -0.05) is 0 Å². The van der Waals surface area contributed by atoms with Crippen LogP contribution in [0.3, 0.4) is 0 Å². The van der Waals surface area contributed by atoms with E-state index in [1.165, 1.54) is 6.07 Å². The third kappa shape index (κ3) is 1.73. The number of rotatable bonds is 2. The van der Waals surface area contributed by atoms with Crippen LogP contribution in [0.25, 0.3) is 0 Å². The molecule has 2 aromatic heterocycles. The summed E-state index contributed by atoms with van der Waals surface area (Å²) in [5.41, 5.74) is 1.99. The molecule has 3 heterocycles. The smallest absolute Gasteiger partial charge is 0.261 e. The zero-order chi connectivity index (χ0) is 13.7. The number of hydrogen-bond donors (Lipinski definition) is 0. The number of furan rings is 1. The first-order valence-electron chi connectivity index (χ1n) is 6.79. The van der Waals surface area contributed by atoms with Crippen molar-refractivity contribution >= 4 is 11.6 Å². The van der Waals surface area contributed by atoms with Gasteiger partial charge in [-0.2, -0.15) is 4.39 Å². The highest BCUT2D eigenvalue weighted by Crippen LogP contribution is 2.42. The summed E-state index contributed by atoms with van der Waals surface area (Å²) in [4.78, 5) is 18.2. The van der Waals surface area contributed by atoms with Crippen LogP contribution in [-0.4, -0.2) is 17.4 Å². The van der Waals surface area contributed by atoms with E-state index in [1.54, 1.807) is 23.3 Å². The Morgan fingerprint density at radius 3 is 3.00 bits per heavy atom. The minimum atomic E-state index is -0.500. The van der Waals surface area contributed by atoms with Crippen molar-refractivity contribution in [3.8, 4) is 0 Å². The van der Waals surface area contributed by atoms with Crippen molar-refractivity contribution in [1.82, 2.24) is 4.98 Å². The fourth-order valence-electron chi connectivity index (χ4n) is 2.75. The molecule has 102 valence electrons. The fraction of sp³-hybridized carbons (Fsp3) is 0.333. The number of hydrogen-bond acceptors (Lipinski definition) is 3. The van der Waals surface area contributed by atoms with E-state index < -0.39 is 5.95 Å². The highest BCUT2D eigenvalue weighted by molar-refractivity contribution is 6.07. The second-order valence-electron chi connectivity index (χ2n) is 5.28. The van der Waals surface area contributed by atoms with Gasteiger partial charge in [0.05, 0.1) is 23.2 Å². The Morgan fingerprint density at radius 1 is 1.35 bits per heavy atom. The number of carbonyl (C=O) groups excluding carboxylic acids is 1. The van der Waals surface area contributed by atoms with Crippen LogP contribution in [0.5, 0.6) is 0 Å². The van der Waals surface area contributed by atoms with E-state index in [2.05, 4.69) is 4.98 Å². The van der Waals surface area contributed by atoms with E-state index in [-0.39, 0.29) is 5.91 Å². The van der Waals surface area contributed by atoms with Crippen LogP contribution in [0.15, 0.2) is 28.9 Å². The van der Waals surface area contributed by atoms with Gasteiger partial charge in [-0.25, -0.2) is 4.98 Å². The van der Waals surface area contributed by atoms with Gasteiger partial charge in [-0.05, 0) is 31.0 Å². The summed E-state index contributed by atoms with van der Waals surface area (Å²) >= 11 is 0. The van der Waals surface area contributed by atoms with Crippen LogP contribution in [0, 0.1) is 5.95 Å². The lowest BCUT2D eigenvalue weighted by atomic mass is 10.1. The topological polar surface area (TPSA) is 46.3 Å². The number of nitrogens with zero attached hydrogens (tertiary/aromatic N) is 2.